The van der Waals surface area contributed by atoms with Crippen molar-refractivity contribution in [2.24, 2.45) is 0 Å². The first-order valence-electron chi connectivity index (χ1n) is 10.8. The minimum atomic E-state index is -4.75. The van der Waals surface area contributed by atoms with Crippen LogP contribution >= 0.6 is 0 Å². The molecule has 0 aliphatic heterocycles. The van der Waals surface area contributed by atoms with Crippen LogP contribution in [-0.4, -0.2) is 21.4 Å². The fraction of sp³-hybridized carbons (Fsp3) is 0.360. The fourth-order valence-electron chi connectivity index (χ4n) is 3.87. The second kappa shape index (κ2) is 9.08. The van der Waals surface area contributed by atoms with E-state index >= 15 is 0 Å². The molecule has 0 fully saturated rings. The summed E-state index contributed by atoms with van der Waals surface area (Å²) < 4.78 is 68.0. The Balaban J connectivity index is 2.26. The van der Waals surface area contributed by atoms with Gasteiger partial charge in [0, 0.05) is 10.8 Å². The van der Waals surface area contributed by atoms with Gasteiger partial charge < -0.3 is 8.74 Å². The molecular formula is C25H29O6S2-. The highest BCUT2D eigenvalue weighted by molar-refractivity contribution is 7.87. The van der Waals surface area contributed by atoms with Crippen molar-refractivity contribution in [1.82, 2.24) is 0 Å². The number of fused-ring (bicyclic) bond motifs is 1. The predicted molar refractivity (Wildman–Crippen MR) is 128 cm³/mol. The van der Waals surface area contributed by atoms with Gasteiger partial charge in [-0.2, -0.15) is 8.42 Å². The number of hydrogen-bond donors (Lipinski definition) is 0. The first-order chi connectivity index (χ1) is 15.2. The van der Waals surface area contributed by atoms with E-state index in [1.165, 1.54) is 18.2 Å². The molecule has 8 heteroatoms. The first kappa shape index (κ1) is 25.2. The van der Waals surface area contributed by atoms with Crippen molar-refractivity contribution in [2.75, 3.05) is 0 Å². The third-order valence-electron chi connectivity index (χ3n) is 5.64. The quantitative estimate of drug-likeness (QED) is 0.303. The minimum absolute atomic E-state index is 0.0321. The highest BCUT2D eigenvalue weighted by atomic mass is 32.2. The monoisotopic (exact) mass is 489 g/mol. The lowest BCUT2D eigenvalue weighted by atomic mass is 9.89. The van der Waals surface area contributed by atoms with Gasteiger partial charge in [0.1, 0.15) is 15.0 Å². The van der Waals surface area contributed by atoms with E-state index in [9.17, 15) is 21.4 Å². The van der Waals surface area contributed by atoms with Gasteiger partial charge in [0.2, 0.25) is 0 Å². The van der Waals surface area contributed by atoms with Crippen molar-refractivity contribution in [1.29, 1.82) is 0 Å². The van der Waals surface area contributed by atoms with Crippen LogP contribution in [0.2, 0.25) is 0 Å². The molecule has 0 aliphatic carbocycles. The maximum atomic E-state index is 13.7. The maximum Gasteiger partial charge on any atom is 0.339 e. The van der Waals surface area contributed by atoms with Crippen LogP contribution in [0.4, 0.5) is 0 Å². The normalized spacial score (nSPS) is 12.8. The van der Waals surface area contributed by atoms with Crippen LogP contribution in [0.1, 0.15) is 76.0 Å². The van der Waals surface area contributed by atoms with Gasteiger partial charge >= 0.3 is 10.1 Å². The van der Waals surface area contributed by atoms with E-state index in [0.717, 1.165) is 11.6 Å². The molecule has 0 unspecified atom stereocenters. The van der Waals surface area contributed by atoms with E-state index in [4.69, 9.17) is 4.18 Å². The van der Waals surface area contributed by atoms with Crippen LogP contribution < -0.4 is 4.18 Å². The van der Waals surface area contributed by atoms with Crippen LogP contribution in [0.25, 0.3) is 10.8 Å². The van der Waals surface area contributed by atoms with Crippen molar-refractivity contribution in [2.45, 2.75) is 69.1 Å². The molecule has 0 saturated heterocycles. The zero-order valence-corrected chi connectivity index (χ0v) is 21.2. The molecule has 0 saturated carbocycles. The molecule has 0 spiro atoms. The zero-order chi connectivity index (χ0) is 24.7. The third-order valence-corrected chi connectivity index (χ3v) is 7.91. The van der Waals surface area contributed by atoms with E-state index in [2.05, 4.69) is 13.8 Å². The molecule has 3 rings (SSSR count). The highest BCUT2D eigenvalue weighted by Gasteiger charge is 2.29. The van der Waals surface area contributed by atoms with Crippen molar-refractivity contribution < 1.29 is 25.6 Å². The second-order valence-corrected chi connectivity index (χ2v) is 11.9. The van der Waals surface area contributed by atoms with Gasteiger partial charge in [0.05, 0.1) is 4.90 Å². The summed E-state index contributed by atoms with van der Waals surface area (Å²) in [6, 6.07) is 12.3. The Hall–Kier alpha value is -2.42. The summed E-state index contributed by atoms with van der Waals surface area (Å²) in [5, 5.41) is 0.345. The lowest BCUT2D eigenvalue weighted by Gasteiger charge is -2.23. The second-order valence-electron chi connectivity index (χ2n) is 9.09. The summed E-state index contributed by atoms with van der Waals surface area (Å²) in [6.45, 7) is 11.9. The van der Waals surface area contributed by atoms with Crippen LogP contribution in [0.3, 0.4) is 0 Å². The van der Waals surface area contributed by atoms with Gasteiger partial charge in [-0.3, -0.25) is 0 Å². The molecule has 178 valence electrons. The third kappa shape index (κ3) is 5.08. The molecule has 3 aromatic carbocycles. The summed E-state index contributed by atoms with van der Waals surface area (Å²) in [7, 11) is -9.02. The summed E-state index contributed by atoms with van der Waals surface area (Å²) in [5.41, 5.74) is 2.40. The van der Waals surface area contributed by atoms with Gasteiger partial charge in [0.25, 0.3) is 0 Å². The minimum Gasteiger partial charge on any atom is -0.744 e. The van der Waals surface area contributed by atoms with Crippen LogP contribution in [-0.2, 0) is 20.2 Å². The smallest absolute Gasteiger partial charge is 0.339 e. The lowest BCUT2D eigenvalue weighted by molar-refractivity contribution is 0.464. The van der Waals surface area contributed by atoms with Crippen molar-refractivity contribution in [3.05, 3.63) is 65.2 Å². The Kier molecular flexibility index (Phi) is 6.94. The highest BCUT2D eigenvalue weighted by Crippen LogP contribution is 2.38. The van der Waals surface area contributed by atoms with Gasteiger partial charge in [-0.05, 0) is 46.6 Å². The Bertz CT molecular complexity index is 1370. The molecular weight excluding hydrogens is 460 g/mol. The largest absolute Gasteiger partial charge is 0.744 e. The molecule has 0 radical (unpaired) electrons. The molecule has 0 aromatic heterocycles. The van der Waals surface area contributed by atoms with E-state index in [-0.39, 0.29) is 39.2 Å². The standard InChI is InChI=1S/C25H30O6S2/c1-15(2)18-13-21(16(3)4)25(22(14-18)17(5)6)33(29,30)31-23-11-12-24(32(26,27)28)20-10-8-7-9-19(20)23/h7-17H,1-6H3,(H,26,27,28)/p-1. The molecule has 6 nitrogen and oxygen atoms in total. The van der Waals surface area contributed by atoms with Gasteiger partial charge in [-0.1, -0.05) is 77.9 Å². The molecule has 3 aromatic rings. The molecule has 0 N–H and O–H groups in total. The van der Waals surface area contributed by atoms with E-state index < -0.39 is 25.1 Å². The molecule has 0 heterocycles. The molecule has 33 heavy (non-hydrogen) atoms. The van der Waals surface area contributed by atoms with E-state index in [1.54, 1.807) is 12.1 Å². The van der Waals surface area contributed by atoms with Crippen molar-refractivity contribution in [3.8, 4) is 5.75 Å². The van der Waals surface area contributed by atoms with Crippen molar-refractivity contribution >= 4 is 31.0 Å². The average molecular weight is 490 g/mol. The van der Waals surface area contributed by atoms with E-state index in [1.807, 2.05) is 39.8 Å². The molecule has 0 bridgehead atoms. The fourth-order valence-corrected chi connectivity index (χ4v) is 6.19. The number of rotatable bonds is 7. The predicted octanol–water partition coefficient (Wildman–Crippen LogP) is 5.88. The Morgan fingerprint density at radius 2 is 1.24 bits per heavy atom. The number of hydrogen-bond acceptors (Lipinski definition) is 6. The first-order valence-corrected chi connectivity index (χ1v) is 13.7. The van der Waals surface area contributed by atoms with Crippen molar-refractivity contribution in [3.63, 3.8) is 0 Å². The van der Waals surface area contributed by atoms with Crippen LogP contribution in [0.5, 0.6) is 5.75 Å². The topological polar surface area (TPSA) is 101 Å². The van der Waals surface area contributed by atoms with Gasteiger partial charge in [-0.25, -0.2) is 8.42 Å². The Morgan fingerprint density at radius 1 is 0.727 bits per heavy atom. The van der Waals surface area contributed by atoms with Crippen LogP contribution in [0.15, 0.2) is 58.3 Å². The summed E-state index contributed by atoms with van der Waals surface area (Å²) in [4.78, 5) is -0.281. The summed E-state index contributed by atoms with van der Waals surface area (Å²) in [6.07, 6.45) is 0. The molecule has 0 aliphatic rings. The lowest BCUT2D eigenvalue weighted by Crippen LogP contribution is -2.17. The number of benzene rings is 3. The Morgan fingerprint density at radius 3 is 1.70 bits per heavy atom. The zero-order valence-electron chi connectivity index (χ0n) is 19.6. The SMILES string of the molecule is CC(C)c1cc(C(C)C)c(S(=O)(=O)Oc2ccc(S(=O)(=O)[O-])c3ccccc23)c(C(C)C)c1. The Labute approximate surface area is 196 Å². The van der Waals surface area contributed by atoms with Crippen LogP contribution in [0, 0.1) is 0 Å². The van der Waals surface area contributed by atoms with Gasteiger partial charge in [0.15, 0.2) is 5.75 Å². The van der Waals surface area contributed by atoms with Gasteiger partial charge in [-0.15, -0.1) is 0 Å². The average Bonchev–Trinajstić information content (AvgIpc) is 2.71. The molecule has 0 atom stereocenters. The maximum absolute atomic E-state index is 13.7. The summed E-state index contributed by atoms with van der Waals surface area (Å²) >= 11 is 0. The van der Waals surface area contributed by atoms with E-state index in [0.29, 0.717) is 11.1 Å². The molecule has 0 amide bonds. The summed E-state index contributed by atoms with van der Waals surface area (Å²) in [5.74, 6) is 0.0529.